The molecule has 0 saturated carbocycles. The molecule has 0 spiro atoms. The SMILES string of the molecule is COc1ccc(CCNC(=NCCCCOC(C)C)NCCc2ccco2)cc1.I. The number of hydrogen-bond acceptors (Lipinski definition) is 4. The van der Waals surface area contributed by atoms with Gasteiger partial charge in [0.15, 0.2) is 5.96 Å². The quantitative estimate of drug-likeness (QED) is 0.174. The third kappa shape index (κ3) is 11.4. The van der Waals surface area contributed by atoms with Crippen LogP contribution in [0.25, 0.3) is 0 Å². The van der Waals surface area contributed by atoms with Crippen LogP contribution in [0.3, 0.4) is 0 Å². The summed E-state index contributed by atoms with van der Waals surface area (Å²) in [6, 6.07) is 12.1. The predicted octanol–water partition coefficient (Wildman–Crippen LogP) is 4.43. The van der Waals surface area contributed by atoms with Crippen LogP contribution >= 0.6 is 24.0 Å². The summed E-state index contributed by atoms with van der Waals surface area (Å²) < 4.78 is 16.2. The molecule has 0 bridgehead atoms. The Labute approximate surface area is 197 Å². The summed E-state index contributed by atoms with van der Waals surface area (Å²) >= 11 is 0. The molecule has 30 heavy (non-hydrogen) atoms. The second-order valence-electron chi connectivity index (χ2n) is 7.14. The summed E-state index contributed by atoms with van der Waals surface area (Å²) in [5, 5.41) is 6.83. The van der Waals surface area contributed by atoms with E-state index in [1.54, 1.807) is 13.4 Å². The first-order valence-corrected chi connectivity index (χ1v) is 10.5. The number of halogens is 1. The molecule has 0 aliphatic heterocycles. The van der Waals surface area contributed by atoms with E-state index in [9.17, 15) is 0 Å². The molecule has 7 heteroatoms. The Morgan fingerprint density at radius 2 is 1.77 bits per heavy atom. The van der Waals surface area contributed by atoms with Crippen LogP contribution in [-0.2, 0) is 17.6 Å². The standard InChI is InChI=1S/C23H35N3O3.HI/c1-19(2)28-17-5-4-14-24-23(26-16-13-22-7-6-18-29-22)25-15-12-20-8-10-21(27-3)11-9-20;/h6-11,18-19H,4-5,12-17H2,1-3H3,(H2,24,25,26);1H. The van der Waals surface area contributed by atoms with Crippen LogP contribution in [0.2, 0.25) is 0 Å². The highest BCUT2D eigenvalue weighted by Crippen LogP contribution is 2.11. The van der Waals surface area contributed by atoms with E-state index in [-0.39, 0.29) is 30.1 Å². The zero-order valence-electron chi connectivity index (χ0n) is 18.4. The Bertz CT molecular complexity index is 688. The number of benzene rings is 1. The molecule has 2 rings (SSSR count). The highest BCUT2D eigenvalue weighted by Gasteiger charge is 2.02. The maximum Gasteiger partial charge on any atom is 0.191 e. The Balaban J connectivity index is 0.00000450. The molecule has 0 unspecified atom stereocenters. The highest BCUT2D eigenvalue weighted by molar-refractivity contribution is 14.0. The lowest BCUT2D eigenvalue weighted by atomic mass is 10.1. The molecule has 1 heterocycles. The van der Waals surface area contributed by atoms with Gasteiger partial charge >= 0.3 is 0 Å². The Hall–Kier alpha value is -1.74. The molecule has 2 aromatic rings. The zero-order chi connectivity index (χ0) is 20.7. The van der Waals surface area contributed by atoms with Gasteiger partial charge in [0, 0.05) is 32.7 Å². The fourth-order valence-corrected chi connectivity index (χ4v) is 2.77. The van der Waals surface area contributed by atoms with Gasteiger partial charge in [0.2, 0.25) is 0 Å². The van der Waals surface area contributed by atoms with Crippen molar-refractivity contribution in [3.8, 4) is 5.75 Å². The van der Waals surface area contributed by atoms with Gasteiger partial charge in [-0.25, -0.2) is 0 Å². The molecule has 0 fully saturated rings. The minimum atomic E-state index is 0. The van der Waals surface area contributed by atoms with E-state index in [0.29, 0.717) is 0 Å². The van der Waals surface area contributed by atoms with Crippen LogP contribution in [0, 0.1) is 0 Å². The summed E-state index contributed by atoms with van der Waals surface area (Å²) in [4.78, 5) is 4.71. The van der Waals surface area contributed by atoms with Crippen molar-refractivity contribution in [2.24, 2.45) is 4.99 Å². The Morgan fingerprint density at radius 3 is 2.40 bits per heavy atom. The molecule has 0 atom stereocenters. The van der Waals surface area contributed by atoms with Crippen molar-refractivity contribution in [3.63, 3.8) is 0 Å². The van der Waals surface area contributed by atoms with E-state index in [1.165, 1.54) is 5.56 Å². The van der Waals surface area contributed by atoms with Crippen molar-refractivity contribution in [3.05, 3.63) is 54.0 Å². The fraction of sp³-hybridized carbons (Fsp3) is 0.522. The van der Waals surface area contributed by atoms with Gasteiger partial charge in [-0.3, -0.25) is 4.99 Å². The molecule has 1 aromatic heterocycles. The number of rotatable bonds is 13. The average Bonchev–Trinajstić information content (AvgIpc) is 3.24. The van der Waals surface area contributed by atoms with E-state index in [0.717, 1.165) is 69.4 Å². The third-order valence-corrected chi connectivity index (χ3v) is 4.38. The second kappa shape index (κ2) is 16.0. The second-order valence-corrected chi connectivity index (χ2v) is 7.14. The van der Waals surface area contributed by atoms with Gasteiger partial charge < -0.3 is 24.5 Å². The molecule has 2 N–H and O–H groups in total. The fourth-order valence-electron chi connectivity index (χ4n) is 2.77. The number of nitrogens with zero attached hydrogens (tertiary/aromatic N) is 1. The van der Waals surface area contributed by atoms with Crippen molar-refractivity contribution < 1.29 is 13.9 Å². The van der Waals surface area contributed by atoms with Crippen molar-refractivity contribution in [2.45, 2.75) is 45.6 Å². The normalized spacial score (nSPS) is 11.3. The van der Waals surface area contributed by atoms with Crippen molar-refractivity contribution in [1.82, 2.24) is 10.6 Å². The summed E-state index contributed by atoms with van der Waals surface area (Å²) in [5.74, 6) is 2.70. The number of furan rings is 1. The van der Waals surface area contributed by atoms with Crippen LogP contribution in [0.1, 0.15) is 38.0 Å². The van der Waals surface area contributed by atoms with Gasteiger partial charge in [-0.15, -0.1) is 24.0 Å². The molecule has 0 aliphatic carbocycles. The number of ether oxygens (including phenoxy) is 2. The first-order valence-electron chi connectivity index (χ1n) is 10.5. The van der Waals surface area contributed by atoms with Crippen LogP contribution < -0.4 is 15.4 Å². The van der Waals surface area contributed by atoms with E-state index >= 15 is 0 Å². The minimum absolute atomic E-state index is 0. The monoisotopic (exact) mass is 529 g/mol. The molecule has 168 valence electrons. The summed E-state index contributed by atoms with van der Waals surface area (Å²) in [7, 11) is 1.68. The minimum Gasteiger partial charge on any atom is -0.497 e. The first-order chi connectivity index (χ1) is 14.2. The molecule has 1 aromatic carbocycles. The summed E-state index contributed by atoms with van der Waals surface area (Å²) in [5.41, 5.74) is 1.26. The van der Waals surface area contributed by atoms with E-state index in [4.69, 9.17) is 18.9 Å². The molecule has 6 nitrogen and oxygen atoms in total. The van der Waals surface area contributed by atoms with Crippen LogP contribution in [0.5, 0.6) is 5.75 Å². The maximum atomic E-state index is 5.59. The number of nitrogens with one attached hydrogen (secondary N) is 2. The molecular weight excluding hydrogens is 493 g/mol. The molecule has 0 radical (unpaired) electrons. The van der Waals surface area contributed by atoms with Gasteiger partial charge in [-0.05, 0) is 62.9 Å². The van der Waals surface area contributed by atoms with Crippen LogP contribution in [0.4, 0.5) is 0 Å². The maximum absolute atomic E-state index is 5.59. The van der Waals surface area contributed by atoms with E-state index in [1.807, 2.05) is 24.3 Å². The van der Waals surface area contributed by atoms with Gasteiger partial charge in [0.1, 0.15) is 11.5 Å². The highest BCUT2D eigenvalue weighted by atomic mass is 127. The first kappa shape index (κ1) is 26.3. The summed E-state index contributed by atoms with van der Waals surface area (Å²) in [6.45, 7) is 7.28. The van der Waals surface area contributed by atoms with E-state index in [2.05, 4.69) is 36.6 Å². The van der Waals surface area contributed by atoms with E-state index < -0.39 is 0 Å². The smallest absolute Gasteiger partial charge is 0.191 e. The van der Waals surface area contributed by atoms with Crippen LogP contribution in [-0.4, -0.2) is 45.4 Å². The zero-order valence-corrected chi connectivity index (χ0v) is 20.7. The Kier molecular flexibility index (Phi) is 14.0. The topological polar surface area (TPSA) is 68.0 Å². The lowest BCUT2D eigenvalue weighted by Crippen LogP contribution is -2.39. The number of hydrogen-bond donors (Lipinski definition) is 2. The van der Waals surface area contributed by atoms with Gasteiger partial charge in [-0.1, -0.05) is 12.1 Å². The van der Waals surface area contributed by atoms with Crippen molar-refractivity contribution in [2.75, 3.05) is 33.4 Å². The van der Waals surface area contributed by atoms with Gasteiger partial charge in [-0.2, -0.15) is 0 Å². The lowest BCUT2D eigenvalue weighted by molar-refractivity contribution is 0.0763. The molecular formula is C23H36IN3O3. The number of aliphatic imine (C=N–C) groups is 1. The molecule has 0 aliphatic rings. The molecule has 0 amide bonds. The third-order valence-electron chi connectivity index (χ3n) is 4.38. The van der Waals surface area contributed by atoms with Crippen molar-refractivity contribution >= 4 is 29.9 Å². The largest absolute Gasteiger partial charge is 0.497 e. The van der Waals surface area contributed by atoms with Crippen LogP contribution in [0.15, 0.2) is 52.1 Å². The average molecular weight is 529 g/mol. The Morgan fingerprint density at radius 1 is 1.03 bits per heavy atom. The number of guanidine groups is 1. The van der Waals surface area contributed by atoms with Gasteiger partial charge in [0.05, 0.1) is 19.5 Å². The number of unbranched alkanes of at least 4 members (excludes halogenated alkanes) is 1. The molecule has 0 saturated heterocycles. The lowest BCUT2D eigenvalue weighted by Gasteiger charge is -2.13. The summed E-state index contributed by atoms with van der Waals surface area (Å²) in [6.07, 6.45) is 5.77. The predicted molar refractivity (Wildman–Crippen MR) is 133 cm³/mol. The number of methoxy groups -OCH3 is 1. The van der Waals surface area contributed by atoms with Crippen molar-refractivity contribution in [1.29, 1.82) is 0 Å². The van der Waals surface area contributed by atoms with Gasteiger partial charge in [0.25, 0.3) is 0 Å².